The second kappa shape index (κ2) is 14.4. The molecule has 0 aliphatic carbocycles. The number of rotatable bonds is 6. The van der Waals surface area contributed by atoms with Gasteiger partial charge in [0.1, 0.15) is 11.2 Å². The Hall–Kier alpha value is -8.74. The van der Waals surface area contributed by atoms with Crippen molar-refractivity contribution in [1.29, 1.82) is 0 Å². The number of furan rings is 1. The molecule has 4 heterocycles. The van der Waals surface area contributed by atoms with Gasteiger partial charge in [-0.3, -0.25) is 4.98 Å². The summed E-state index contributed by atoms with van der Waals surface area (Å²) in [5.74, 6) is 1.74. The van der Waals surface area contributed by atoms with Crippen LogP contribution in [0.5, 0.6) is 0 Å². The van der Waals surface area contributed by atoms with Crippen LogP contribution >= 0.6 is 0 Å². The Balaban J connectivity index is 0.922. The minimum absolute atomic E-state index is 0.562. The molecule has 0 aliphatic heterocycles. The number of fused-ring (bicyclic) bond motifs is 9. The summed E-state index contributed by atoms with van der Waals surface area (Å²) >= 11 is 0. The summed E-state index contributed by atoms with van der Waals surface area (Å²) in [6.45, 7) is 0. The molecule has 4 aromatic heterocycles. The van der Waals surface area contributed by atoms with Crippen LogP contribution in [-0.4, -0.2) is 24.5 Å². The van der Waals surface area contributed by atoms with E-state index in [-0.39, 0.29) is 0 Å². The second-order valence-electron chi connectivity index (χ2n) is 16.3. The van der Waals surface area contributed by atoms with E-state index < -0.39 is 0 Å². The lowest BCUT2D eigenvalue weighted by molar-refractivity contribution is 0.668. The van der Waals surface area contributed by atoms with E-state index in [1.807, 2.05) is 30.5 Å². The average Bonchev–Trinajstić information content (AvgIpc) is 3.93. The Kier molecular flexibility index (Phi) is 8.11. The first-order valence-electron chi connectivity index (χ1n) is 21.4. The molecule has 13 rings (SSSR count). The predicted octanol–water partition coefficient (Wildman–Crippen LogP) is 14.9. The van der Waals surface area contributed by atoms with Gasteiger partial charge in [-0.1, -0.05) is 152 Å². The summed E-state index contributed by atoms with van der Waals surface area (Å²) < 4.78 is 8.65. The Morgan fingerprint density at radius 3 is 1.88 bits per heavy atom. The van der Waals surface area contributed by atoms with Gasteiger partial charge in [-0.05, 0) is 92.3 Å². The molecule has 64 heavy (non-hydrogen) atoms. The zero-order chi connectivity index (χ0) is 42.1. The van der Waals surface area contributed by atoms with E-state index in [2.05, 4.69) is 185 Å². The third kappa shape index (κ3) is 5.88. The van der Waals surface area contributed by atoms with Crippen LogP contribution in [0.3, 0.4) is 0 Å². The van der Waals surface area contributed by atoms with Crippen LogP contribution in [0.4, 0.5) is 0 Å². The Morgan fingerprint density at radius 2 is 1.00 bits per heavy atom. The molecule has 0 bridgehead atoms. The lowest BCUT2D eigenvalue weighted by Crippen LogP contribution is -2.00. The van der Waals surface area contributed by atoms with Gasteiger partial charge in [-0.25, -0.2) is 15.0 Å². The van der Waals surface area contributed by atoms with E-state index >= 15 is 0 Å². The first-order chi connectivity index (χ1) is 31.7. The molecule has 298 valence electrons. The van der Waals surface area contributed by atoms with Crippen LogP contribution in [0, 0.1) is 0 Å². The molecule has 13 aromatic rings. The van der Waals surface area contributed by atoms with Crippen molar-refractivity contribution in [3.8, 4) is 62.1 Å². The van der Waals surface area contributed by atoms with Gasteiger partial charge in [-0.15, -0.1) is 0 Å². The van der Waals surface area contributed by atoms with E-state index in [1.54, 1.807) is 6.20 Å². The summed E-state index contributed by atoms with van der Waals surface area (Å²) in [5.41, 5.74) is 12.2. The molecule has 0 saturated carbocycles. The molecule has 0 N–H and O–H groups in total. The van der Waals surface area contributed by atoms with Crippen molar-refractivity contribution in [1.82, 2.24) is 24.5 Å². The fourth-order valence-electron chi connectivity index (χ4n) is 9.46. The van der Waals surface area contributed by atoms with Crippen LogP contribution < -0.4 is 0 Å². The summed E-state index contributed by atoms with van der Waals surface area (Å²) in [4.78, 5) is 20.0. The molecule has 0 spiro atoms. The predicted molar refractivity (Wildman–Crippen MR) is 261 cm³/mol. The normalized spacial score (nSPS) is 11.8. The summed E-state index contributed by atoms with van der Waals surface area (Å²) in [7, 11) is 0. The quantitative estimate of drug-likeness (QED) is 0.167. The van der Waals surface area contributed by atoms with Gasteiger partial charge in [0.15, 0.2) is 17.5 Å². The van der Waals surface area contributed by atoms with Crippen molar-refractivity contribution in [3.05, 3.63) is 213 Å². The van der Waals surface area contributed by atoms with Crippen LogP contribution in [0.2, 0.25) is 0 Å². The van der Waals surface area contributed by atoms with Crippen molar-refractivity contribution in [2.45, 2.75) is 0 Å². The number of nitrogens with zero attached hydrogens (tertiary/aromatic N) is 5. The summed E-state index contributed by atoms with van der Waals surface area (Å²) in [5, 5.41) is 9.11. The molecule has 0 unspecified atom stereocenters. The molecular formula is C58H35N5O. The lowest BCUT2D eigenvalue weighted by atomic mass is 10.00. The van der Waals surface area contributed by atoms with Crippen molar-refractivity contribution >= 4 is 65.3 Å². The average molecular weight is 818 g/mol. The number of hydrogen-bond donors (Lipinski definition) is 0. The Bertz CT molecular complexity index is 3960. The molecule has 9 aromatic carbocycles. The Morgan fingerprint density at radius 1 is 0.359 bits per heavy atom. The first kappa shape index (κ1) is 36.0. The molecular weight excluding hydrogens is 783 g/mol. The minimum Gasteiger partial charge on any atom is -0.456 e. The Labute approximate surface area is 367 Å². The SMILES string of the molecule is c1ccc(-c2ccc3cc(-c4nc(-c5ccc(-c6cccc(-n7c8ccccc8c8c9ccccc9ccc87)c6)cc5)nc(-c5cccc6oc7ccncc7c56)n4)ccc3c2)cc1. The molecule has 0 fully saturated rings. The van der Waals surface area contributed by atoms with Gasteiger partial charge in [-0.2, -0.15) is 0 Å². The molecule has 0 aliphatic rings. The topological polar surface area (TPSA) is 69.6 Å². The molecule has 0 saturated heterocycles. The maximum Gasteiger partial charge on any atom is 0.164 e. The molecule has 0 atom stereocenters. The number of pyridine rings is 1. The van der Waals surface area contributed by atoms with Crippen molar-refractivity contribution < 1.29 is 4.42 Å². The van der Waals surface area contributed by atoms with E-state index in [1.165, 1.54) is 43.7 Å². The highest BCUT2D eigenvalue weighted by Crippen LogP contribution is 2.39. The van der Waals surface area contributed by atoms with Crippen molar-refractivity contribution in [2.75, 3.05) is 0 Å². The van der Waals surface area contributed by atoms with Crippen molar-refractivity contribution in [2.24, 2.45) is 0 Å². The minimum atomic E-state index is 0.562. The lowest BCUT2D eigenvalue weighted by Gasteiger charge is -2.12. The summed E-state index contributed by atoms with van der Waals surface area (Å²) in [6, 6.07) is 70.6. The number of aromatic nitrogens is 5. The van der Waals surface area contributed by atoms with Crippen LogP contribution in [0.25, 0.3) is 127 Å². The van der Waals surface area contributed by atoms with E-state index in [9.17, 15) is 0 Å². The molecule has 6 nitrogen and oxygen atoms in total. The number of benzene rings is 9. The van der Waals surface area contributed by atoms with Gasteiger partial charge >= 0.3 is 0 Å². The number of para-hydroxylation sites is 1. The maximum atomic E-state index is 6.27. The zero-order valence-corrected chi connectivity index (χ0v) is 34.4. The fourth-order valence-corrected chi connectivity index (χ4v) is 9.46. The van der Waals surface area contributed by atoms with Gasteiger partial charge in [0.2, 0.25) is 0 Å². The first-order valence-corrected chi connectivity index (χ1v) is 21.4. The van der Waals surface area contributed by atoms with Gasteiger partial charge < -0.3 is 8.98 Å². The smallest absolute Gasteiger partial charge is 0.164 e. The molecule has 0 amide bonds. The standard InChI is InChI=1S/C58H35N5O/c1-2-10-36(11-3-1)41-24-25-43-33-44(27-26-42(43)32-41)57-60-56(61-58(62-57)48-17-9-19-53-55(48)49-35-59-31-30-52(49)64-53)39-22-20-37(21-23-39)40-13-8-14-45(34-40)63-50-18-7-6-16-47(50)54-46-15-5-4-12-38(46)28-29-51(54)63/h1-35H. The monoisotopic (exact) mass is 817 g/mol. The van der Waals surface area contributed by atoms with E-state index in [0.717, 1.165) is 66.2 Å². The zero-order valence-electron chi connectivity index (χ0n) is 34.4. The van der Waals surface area contributed by atoms with Gasteiger partial charge in [0.25, 0.3) is 0 Å². The third-order valence-electron chi connectivity index (χ3n) is 12.5. The second-order valence-corrected chi connectivity index (χ2v) is 16.3. The van der Waals surface area contributed by atoms with Gasteiger partial charge in [0, 0.05) is 56.3 Å². The van der Waals surface area contributed by atoms with Crippen LogP contribution in [0.1, 0.15) is 0 Å². The summed E-state index contributed by atoms with van der Waals surface area (Å²) in [6.07, 6.45) is 3.59. The highest BCUT2D eigenvalue weighted by molar-refractivity contribution is 6.21. The van der Waals surface area contributed by atoms with Crippen LogP contribution in [0.15, 0.2) is 217 Å². The maximum absolute atomic E-state index is 6.27. The highest BCUT2D eigenvalue weighted by Gasteiger charge is 2.19. The molecule has 0 radical (unpaired) electrons. The number of hydrogen-bond acceptors (Lipinski definition) is 5. The fraction of sp³-hybridized carbons (Fsp3) is 0. The largest absolute Gasteiger partial charge is 0.456 e. The van der Waals surface area contributed by atoms with Crippen LogP contribution in [-0.2, 0) is 0 Å². The van der Waals surface area contributed by atoms with Gasteiger partial charge in [0.05, 0.1) is 11.0 Å². The third-order valence-corrected chi connectivity index (χ3v) is 12.5. The molecule has 6 heteroatoms. The van der Waals surface area contributed by atoms with Crippen molar-refractivity contribution in [3.63, 3.8) is 0 Å². The van der Waals surface area contributed by atoms with E-state index in [4.69, 9.17) is 19.4 Å². The highest BCUT2D eigenvalue weighted by atomic mass is 16.3. The van der Waals surface area contributed by atoms with E-state index in [0.29, 0.717) is 17.5 Å².